The summed E-state index contributed by atoms with van der Waals surface area (Å²) < 4.78 is 0. The number of nitriles is 1. The summed E-state index contributed by atoms with van der Waals surface area (Å²) in [5.41, 5.74) is 2.48. The molecule has 104 valence electrons. The SMILES string of the molecule is CCCCNC1=C(C#N)C(=O)c2cccc3cccc1c23. The Kier molecular flexibility index (Phi) is 3.45. The summed E-state index contributed by atoms with van der Waals surface area (Å²) in [5.74, 6) is -0.180. The highest BCUT2D eigenvalue weighted by Gasteiger charge is 2.27. The Morgan fingerprint density at radius 1 is 1.14 bits per heavy atom. The average Bonchev–Trinajstić information content (AvgIpc) is 2.52. The van der Waals surface area contributed by atoms with E-state index in [4.69, 9.17) is 0 Å². The van der Waals surface area contributed by atoms with Crippen molar-refractivity contribution in [2.75, 3.05) is 6.54 Å². The van der Waals surface area contributed by atoms with Crippen LogP contribution < -0.4 is 5.32 Å². The minimum Gasteiger partial charge on any atom is -0.383 e. The number of hydrogen-bond donors (Lipinski definition) is 1. The van der Waals surface area contributed by atoms with Crippen molar-refractivity contribution in [3.63, 3.8) is 0 Å². The van der Waals surface area contributed by atoms with Gasteiger partial charge in [-0.3, -0.25) is 4.79 Å². The zero-order valence-electron chi connectivity index (χ0n) is 11.9. The molecule has 0 bridgehead atoms. The minimum atomic E-state index is -0.180. The van der Waals surface area contributed by atoms with E-state index in [2.05, 4.69) is 18.3 Å². The first-order chi connectivity index (χ1) is 10.3. The molecule has 2 aromatic rings. The number of carbonyl (C=O) groups is 1. The third kappa shape index (κ3) is 2.09. The molecular formula is C18H16N2O. The fourth-order valence-corrected chi connectivity index (χ4v) is 2.80. The molecule has 0 unspecified atom stereocenters. The van der Waals surface area contributed by atoms with Crippen molar-refractivity contribution in [1.29, 1.82) is 5.26 Å². The Balaban J connectivity index is 2.22. The molecule has 0 atom stereocenters. The second-order valence-corrected chi connectivity index (χ2v) is 5.18. The van der Waals surface area contributed by atoms with Crippen LogP contribution in [-0.2, 0) is 0 Å². The van der Waals surface area contributed by atoms with Crippen LogP contribution in [0.1, 0.15) is 35.7 Å². The summed E-state index contributed by atoms with van der Waals surface area (Å²) in [6, 6.07) is 13.7. The molecular weight excluding hydrogens is 260 g/mol. The van der Waals surface area contributed by atoms with Crippen LogP contribution >= 0.6 is 0 Å². The van der Waals surface area contributed by atoms with Crippen LogP contribution in [-0.4, -0.2) is 12.3 Å². The molecule has 1 N–H and O–H groups in total. The molecule has 0 fully saturated rings. The highest BCUT2D eigenvalue weighted by molar-refractivity contribution is 6.26. The molecule has 3 rings (SSSR count). The lowest BCUT2D eigenvalue weighted by Crippen LogP contribution is -2.22. The van der Waals surface area contributed by atoms with Crippen molar-refractivity contribution in [1.82, 2.24) is 5.32 Å². The fraction of sp³-hybridized carbons (Fsp3) is 0.222. The van der Waals surface area contributed by atoms with E-state index < -0.39 is 0 Å². The number of carbonyl (C=O) groups excluding carboxylic acids is 1. The van der Waals surface area contributed by atoms with Gasteiger partial charge in [0.2, 0.25) is 5.78 Å². The summed E-state index contributed by atoms with van der Waals surface area (Å²) in [5, 5.41) is 14.7. The number of allylic oxidation sites excluding steroid dienone is 1. The van der Waals surface area contributed by atoms with Crippen molar-refractivity contribution in [2.45, 2.75) is 19.8 Å². The zero-order chi connectivity index (χ0) is 14.8. The Morgan fingerprint density at radius 2 is 1.86 bits per heavy atom. The zero-order valence-corrected chi connectivity index (χ0v) is 11.9. The van der Waals surface area contributed by atoms with Gasteiger partial charge in [-0.05, 0) is 11.8 Å². The number of nitrogens with one attached hydrogen (secondary N) is 1. The summed E-state index contributed by atoms with van der Waals surface area (Å²) in [6.45, 7) is 2.88. The molecule has 0 radical (unpaired) electrons. The molecule has 1 aliphatic rings. The molecule has 21 heavy (non-hydrogen) atoms. The molecule has 0 heterocycles. The smallest absolute Gasteiger partial charge is 0.206 e. The van der Waals surface area contributed by atoms with E-state index in [1.807, 2.05) is 30.3 Å². The third-order valence-electron chi connectivity index (χ3n) is 3.84. The van der Waals surface area contributed by atoms with E-state index in [1.54, 1.807) is 6.07 Å². The van der Waals surface area contributed by atoms with Crippen molar-refractivity contribution in [2.24, 2.45) is 0 Å². The van der Waals surface area contributed by atoms with E-state index in [1.165, 1.54) is 0 Å². The second kappa shape index (κ2) is 5.41. The summed E-state index contributed by atoms with van der Waals surface area (Å²) in [7, 11) is 0. The van der Waals surface area contributed by atoms with Crippen LogP contribution in [0.2, 0.25) is 0 Å². The Bertz CT molecular complexity index is 791. The Labute approximate surface area is 123 Å². The number of hydrogen-bond acceptors (Lipinski definition) is 3. The molecule has 2 aromatic carbocycles. The van der Waals surface area contributed by atoms with Gasteiger partial charge >= 0.3 is 0 Å². The Morgan fingerprint density at radius 3 is 2.52 bits per heavy atom. The number of rotatable bonds is 4. The molecule has 0 saturated heterocycles. The maximum Gasteiger partial charge on any atom is 0.206 e. The fourth-order valence-electron chi connectivity index (χ4n) is 2.80. The van der Waals surface area contributed by atoms with Crippen LogP contribution in [0.4, 0.5) is 0 Å². The van der Waals surface area contributed by atoms with Gasteiger partial charge in [0.1, 0.15) is 11.6 Å². The van der Waals surface area contributed by atoms with Crippen LogP contribution in [0.5, 0.6) is 0 Å². The normalized spacial score (nSPS) is 13.4. The highest BCUT2D eigenvalue weighted by Crippen LogP contribution is 2.34. The molecule has 0 aromatic heterocycles. The van der Waals surface area contributed by atoms with Crippen LogP contribution in [0, 0.1) is 11.3 Å². The van der Waals surface area contributed by atoms with Crippen molar-refractivity contribution in [3.05, 3.63) is 53.1 Å². The molecule has 0 saturated carbocycles. The second-order valence-electron chi connectivity index (χ2n) is 5.18. The molecule has 0 aliphatic heterocycles. The van der Waals surface area contributed by atoms with Gasteiger partial charge in [-0.15, -0.1) is 0 Å². The Hall–Kier alpha value is -2.60. The lowest BCUT2D eigenvalue weighted by molar-refractivity contribution is 0.104. The standard InChI is InChI=1S/C18H16N2O/c1-2-3-10-20-17-13-8-4-6-12-7-5-9-14(16(12)13)18(21)15(17)11-19/h4-9,20H,2-3,10H2,1H3. The van der Waals surface area contributed by atoms with E-state index in [-0.39, 0.29) is 11.4 Å². The van der Waals surface area contributed by atoms with Crippen LogP contribution in [0.25, 0.3) is 16.5 Å². The molecule has 0 amide bonds. The predicted molar refractivity (Wildman–Crippen MR) is 83.7 cm³/mol. The number of Topliss-reactive ketones (excluding diaryl/α,β-unsaturated/α-hetero) is 1. The maximum absolute atomic E-state index is 12.6. The minimum absolute atomic E-state index is 0.180. The number of unbranched alkanes of at least 4 members (excludes halogenated alkanes) is 1. The molecule has 3 nitrogen and oxygen atoms in total. The van der Waals surface area contributed by atoms with Gasteiger partial charge in [-0.2, -0.15) is 5.26 Å². The maximum atomic E-state index is 12.6. The van der Waals surface area contributed by atoms with Gasteiger partial charge in [0.05, 0.1) is 5.70 Å². The van der Waals surface area contributed by atoms with Gasteiger partial charge in [-0.1, -0.05) is 49.7 Å². The highest BCUT2D eigenvalue weighted by atomic mass is 16.1. The molecule has 1 aliphatic carbocycles. The lowest BCUT2D eigenvalue weighted by atomic mass is 9.86. The predicted octanol–water partition coefficient (Wildman–Crippen LogP) is 3.66. The average molecular weight is 276 g/mol. The van der Waals surface area contributed by atoms with Gasteiger partial charge in [-0.25, -0.2) is 0 Å². The number of ketones is 1. The van der Waals surface area contributed by atoms with E-state index in [0.717, 1.165) is 35.7 Å². The number of nitrogens with zero attached hydrogens (tertiary/aromatic N) is 1. The molecule has 3 heteroatoms. The summed E-state index contributed by atoms with van der Waals surface area (Å²) in [4.78, 5) is 12.6. The monoisotopic (exact) mass is 276 g/mol. The summed E-state index contributed by atoms with van der Waals surface area (Å²) >= 11 is 0. The van der Waals surface area contributed by atoms with Crippen LogP contribution in [0.15, 0.2) is 42.0 Å². The molecule has 0 spiro atoms. The lowest BCUT2D eigenvalue weighted by Gasteiger charge is -2.21. The van der Waals surface area contributed by atoms with Gasteiger partial charge in [0.25, 0.3) is 0 Å². The van der Waals surface area contributed by atoms with E-state index >= 15 is 0 Å². The first-order valence-electron chi connectivity index (χ1n) is 7.23. The quantitative estimate of drug-likeness (QED) is 0.867. The van der Waals surface area contributed by atoms with Crippen molar-refractivity contribution < 1.29 is 4.79 Å². The van der Waals surface area contributed by atoms with E-state index in [0.29, 0.717) is 11.3 Å². The van der Waals surface area contributed by atoms with Crippen LogP contribution in [0.3, 0.4) is 0 Å². The largest absolute Gasteiger partial charge is 0.383 e. The summed E-state index contributed by atoms with van der Waals surface area (Å²) in [6.07, 6.45) is 2.07. The van der Waals surface area contributed by atoms with E-state index in [9.17, 15) is 10.1 Å². The number of benzene rings is 2. The first kappa shape index (κ1) is 13.4. The van der Waals surface area contributed by atoms with Gasteiger partial charge in [0.15, 0.2) is 0 Å². The topological polar surface area (TPSA) is 52.9 Å². The third-order valence-corrected chi connectivity index (χ3v) is 3.84. The van der Waals surface area contributed by atoms with Crippen molar-refractivity contribution >= 4 is 22.3 Å². The first-order valence-corrected chi connectivity index (χ1v) is 7.23. The van der Waals surface area contributed by atoms with Crippen molar-refractivity contribution in [3.8, 4) is 6.07 Å². The van der Waals surface area contributed by atoms with Gasteiger partial charge in [0, 0.05) is 23.1 Å². The van der Waals surface area contributed by atoms with Gasteiger partial charge < -0.3 is 5.32 Å².